The SMILES string of the molecule is CNC(=O)OC(CN)CC1CCCCC1. The van der Waals surface area contributed by atoms with E-state index < -0.39 is 0 Å². The van der Waals surface area contributed by atoms with Crippen LogP contribution in [-0.2, 0) is 4.74 Å². The van der Waals surface area contributed by atoms with Crippen LogP contribution >= 0.6 is 0 Å². The summed E-state index contributed by atoms with van der Waals surface area (Å²) < 4.78 is 5.18. The number of hydrogen-bond donors (Lipinski definition) is 2. The predicted molar refractivity (Wildman–Crippen MR) is 59.6 cm³/mol. The highest BCUT2D eigenvalue weighted by atomic mass is 16.6. The first-order chi connectivity index (χ1) is 7.26. The summed E-state index contributed by atoms with van der Waals surface area (Å²) in [7, 11) is 1.57. The molecule has 88 valence electrons. The molecule has 0 saturated heterocycles. The number of amides is 1. The average molecular weight is 214 g/mol. The maximum atomic E-state index is 11.0. The van der Waals surface area contributed by atoms with Gasteiger partial charge in [0.2, 0.25) is 0 Å². The Morgan fingerprint density at radius 2 is 2.13 bits per heavy atom. The molecule has 4 heteroatoms. The molecule has 0 aliphatic heterocycles. The minimum atomic E-state index is -0.374. The molecular formula is C11H22N2O2. The van der Waals surface area contributed by atoms with Gasteiger partial charge in [0.15, 0.2) is 0 Å². The Morgan fingerprint density at radius 3 is 2.67 bits per heavy atom. The van der Waals surface area contributed by atoms with Crippen molar-refractivity contribution in [3.05, 3.63) is 0 Å². The zero-order valence-electron chi connectivity index (χ0n) is 9.50. The summed E-state index contributed by atoms with van der Waals surface area (Å²) in [5.74, 6) is 0.692. The van der Waals surface area contributed by atoms with E-state index in [0.717, 1.165) is 6.42 Å². The van der Waals surface area contributed by atoms with Gasteiger partial charge in [-0.05, 0) is 12.3 Å². The number of rotatable bonds is 4. The summed E-state index contributed by atoms with van der Waals surface area (Å²) >= 11 is 0. The minimum absolute atomic E-state index is 0.118. The van der Waals surface area contributed by atoms with Gasteiger partial charge in [-0.25, -0.2) is 4.79 Å². The molecule has 3 N–H and O–H groups in total. The molecule has 0 aromatic carbocycles. The fraction of sp³-hybridized carbons (Fsp3) is 0.909. The van der Waals surface area contributed by atoms with Crippen LogP contribution in [0.25, 0.3) is 0 Å². The second kappa shape index (κ2) is 6.67. The van der Waals surface area contributed by atoms with Crippen LogP contribution in [-0.4, -0.2) is 25.8 Å². The third-order valence-corrected chi connectivity index (χ3v) is 3.06. The average Bonchev–Trinajstić information content (AvgIpc) is 2.29. The minimum Gasteiger partial charge on any atom is -0.445 e. The van der Waals surface area contributed by atoms with Crippen LogP contribution in [0.3, 0.4) is 0 Å². The second-order valence-electron chi connectivity index (χ2n) is 4.25. The van der Waals surface area contributed by atoms with Crippen molar-refractivity contribution in [2.75, 3.05) is 13.6 Å². The van der Waals surface area contributed by atoms with Gasteiger partial charge in [0.05, 0.1) is 0 Å². The predicted octanol–water partition coefficient (Wildman–Crippen LogP) is 1.64. The topological polar surface area (TPSA) is 64.3 Å². The fourth-order valence-electron chi connectivity index (χ4n) is 2.20. The van der Waals surface area contributed by atoms with Crippen LogP contribution in [0.15, 0.2) is 0 Å². The van der Waals surface area contributed by atoms with Crippen molar-refractivity contribution in [1.82, 2.24) is 5.32 Å². The molecule has 1 unspecified atom stereocenters. The Balaban J connectivity index is 2.28. The maximum absolute atomic E-state index is 11.0. The molecule has 1 fully saturated rings. The zero-order chi connectivity index (χ0) is 11.1. The summed E-state index contributed by atoms with van der Waals surface area (Å²) in [6.07, 6.45) is 6.91. The van der Waals surface area contributed by atoms with E-state index >= 15 is 0 Å². The molecule has 15 heavy (non-hydrogen) atoms. The zero-order valence-corrected chi connectivity index (χ0v) is 9.50. The van der Waals surface area contributed by atoms with E-state index in [9.17, 15) is 4.79 Å². The summed E-state index contributed by atoms with van der Waals surface area (Å²) in [5.41, 5.74) is 5.59. The molecule has 1 aliphatic carbocycles. The van der Waals surface area contributed by atoms with E-state index in [0.29, 0.717) is 12.5 Å². The van der Waals surface area contributed by atoms with Gasteiger partial charge < -0.3 is 15.8 Å². The number of carbonyl (C=O) groups excluding carboxylic acids is 1. The van der Waals surface area contributed by atoms with Gasteiger partial charge in [0, 0.05) is 13.6 Å². The molecule has 1 saturated carbocycles. The molecule has 1 atom stereocenters. The summed E-state index contributed by atoms with van der Waals surface area (Å²) in [6, 6.07) is 0. The molecule has 0 aromatic heterocycles. The van der Waals surface area contributed by atoms with Crippen LogP contribution in [0, 0.1) is 5.92 Å². The van der Waals surface area contributed by atoms with E-state index in [1.807, 2.05) is 0 Å². The Kier molecular flexibility index (Phi) is 5.47. The van der Waals surface area contributed by atoms with E-state index in [4.69, 9.17) is 10.5 Å². The van der Waals surface area contributed by atoms with Crippen molar-refractivity contribution < 1.29 is 9.53 Å². The molecular weight excluding hydrogens is 192 g/mol. The second-order valence-corrected chi connectivity index (χ2v) is 4.25. The third kappa shape index (κ3) is 4.51. The third-order valence-electron chi connectivity index (χ3n) is 3.06. The quantitative estimate of drug-likeness (QED) is 0.747. The number of ether oxygens (including phenoxy) is 1. The highest BCUT2D eigenvalue weighted by Crippen LogP contribution is 2.27. The lowest BCUT2D eigenvalue weighted by Gasteiger charge is -2.25. The number of nitrogens with two attached hydrogens (primary N) is 1. The number of hydrogen-bond acceptors (Lipinski definition) is 3. The first-order valence-corrected chi connectivity index (χ1v) is 5.84. The van der Waals surface area contributed by atoms with E-state index in [1.165, 1.54) is 32.1 Å². The first-order valence-electron chi connectivity index (χ1n) is 5.84. The first kappa shape index (κ1) is 12.3. The summed E-state index contributed by atoms with van der Waals surface area (Å²) in [6.45, 7) is 0.421. The molecule has 1 rings (SSSR count). The highest BCUT2D eigenvalue weighted by Gasteiger charge is 2.20. The van der Waals surface area contributed by atoms with Gasteiger partial charge in [-0.15, -0.1) is 0 Å². The molecule has 1 amide bonds. The van der Waals surface area contributed by atoms with Gasteiger partial charge in [-0.1, -0.05) is 32.1 Å². The Hall–Kier alpha value is -0.770. The molecule has 0 spiro atoms. The van der Waals surface area contributed by atoms with Gasteiger partial charge in [-0.3, -0.25) is 0 Å². The standard InChI is InChI=1S/C11H22N2O2/c1-13-11(14)15-10(8-12)7-9-5-3-2-4-6-9/h9-10H,2-8,12H2,1H3,(H,13,14). The van der Waals surface area contributed by atoms with Gasteiger partial charge in [0.1, 0.15) is 6.10 Å². The lowest BCUT2D eigenvalue weighted by atomic mass is 9.85. The van der Waals surface area contributed by atoms with Gasteiger partial charge in [0.25, 0.3) is 0 Å². The van der Waals surface area contributed by atoms with Crippen LogP contribution in [0.4, 0.5) is 4.79 Å². The fourth-order valence-corrected chi connectivity index (χ4v) is 2.20. The monoisotopic (exact) mass is 214 g/mol. The molecule has 0 aromatic rings. The van der Waals surface area contributed by atoms with Gasteiger partial charge in [-0.2, -0.15) is 0 Å². The van der Waals surface area contributed by atoms with E-state index in [1.54, 1.807) is 7.05 Å². The summed E-state index contributed by atoms with van der Waals surface area (Å²) in [5, 5.41) is 2.45. The van der Waals surface area contributed by atoms with Crippen molar-refractivity contribution in [3.63, 3.8) is 0 Å². The van der Waals surface area contributed by atoms with Crippen LogP contribution in [0.1, 0.15) is 38.5 Å². The Bertz CT molecular complexity index is 191. The number of carbonyl (C=O) groups is 1. The lowest BCUT2D eigenvalue weighted by molar-refractivity contribution is 0.0834. The van der Waals surface area contributed by atoms with Crippen molar-refractivity contribution in [1.29, 1.82) is 0 Å². The maximum Gasteiger partial charge on any atom is 0.407 e. The van der Waals surface area contributed by atoms with E-state index in [-0.39, 0.29) is 12.2 Å². The van der Waals surface area contributed by atoms with Crippen molar-refractivity contribution in [2.24, 2.45) is 11.7 Å². The van der Waals surface area contributed by atoms with Crippen LogP contribution in [0.2, 0.25) is 0 Å². The lowest BCUT2D eigenvalue weighted by Crippen LogP contribution is -2.33. The molecule has 4 nitrogen and oxygen atoms in total. The number of alkyl carbamates (subject to hydrolysis) is 1. The molecule has 1 aliphatic rings. The van der Waals surface area contributed by atoms with Crippen molar-refractivity contribution in [2.45, 2.75) is 44.6 Å². The molecule has 0 bridgehead atoms. The number of nitrogens with one attached hydrogen (secondary N) is 1. The van der Waals surface area contributed by atoms with Crippen LogP contribution < -0.4 is 11.1 Å². The largest absolute Gasteiger partial charge is 0.445 e. The van der Waals surface area contributed by atoms with Crippen molar-refractivity contribution >= 4 is 6.09 Å². The van der Waals surface area contributed by atoms with Gasteiger partial charge >= 0.3 is 6.09 Å². The normalized spacial score (nSPS) is 19.6. The van der Waals surface area contributed by atoms with Crippen molar-refractivity contribution in [3.8, 4) is 0 Å². The Labute approximate surface area is 91.5 Å². The summed E-state index contributed by atoms with van der Waals surface area (Å²) in [4.78, 5) is 11.0. The van der Waals surface area contributed by atoms with Crippen LogP contribution in [0.5, 0.6) is 0 Å². The smallest absolute Gasteiger partial charge is 0.407 e. The Morgan fingerprint density at radius 1 is 1.47 bits per heavy atom. The highest BCUT2D eigenvalue weighted by molar-refractivity contribution is 5.66. The molecule has 0 heterocycles. The van der Waals surface area contributed by atoms with E-state index in [2.05, 4.69) is 5.32 Å². The molecule has 0 radical (unpaired) electrons.